The second-order valence-electron chi connectivity index (χ2n) is 9.54. The molecule has 0 radical (unpaired) electrons. The lowest BCUT2D eigenvalue weighted by Gasteiger charge is -2.34. The number of alkyl halides is 9. The number of halogens is 9. The topological polar surface area (TPSA) is 57.2 Å². The molecule has 244 valence electrons. The van der Waals surface area contributed by atoms with Crippen molar-refractivity contribution in [1.29, 1.82) is 0 Å². The van der Waals surface area contributed by atoms with Crippen LogP contribution in [-0.4, -0.2) is 36.2 Å². The first kappa shape index (κ1) is 36.8. The molecular formula is C29H23F9O3S4. The van der Waals surface area contributed by atoms with Crippen molar-refractivity contribution in [2.75, 3.05) is 0 Å². The Hall–Kier alpha value is -2.66. The summed E-state index contributed by atoms with van der Waals surface area (Å²) in [5.74, 6) is -14.8. The zero-order valence-electron chi connectivity index (χ0n) is 23.3. The van der Waals surface area contributed by atoms with Crippen LogP contribution in [0.4, 0.5) is 39.5 Å². The first-order chi connectivity index (χ1) is 20.6. The van der Waals surface area contributed by atoms with Gasteiger partial charge in [-0.25, -0.2) is 8.42 Å². The standard InChI is InChI=1S/C25H23S3.C4HF9O3S/c1-18-4-10-21(11-5-18)26-24-16-17-25(27-24)28(22-12-6-19(2)7-13-22)23-14-8-20(3)9-15-23;5-1(6,3(9,10)11)2(7,8)4(12,13)17(14,15)16/h4-17H,1-3H3;(H,14,15,16)/q+1;/p-1. The van der Waals surface area contributed by atoms with Crippen LogP contribution in [0.1, 0.15) is 16.7 Å². The number of thiophene rings is 1. The maximum atomic E-state index is 12.2. The average Bonchev–Trinajstić information content (AvgIpc) is 3.39. The molecule has 0 aliphatic carbocycles. The summed E-state index contributed by atoms with van der Waals surface area (Å²) in [6.07, 6.45) is -7.16. The molecule has 45 heavy (non-hydrogen) atoms. The molecule has 3 nitrogen and oxygen atoms in total. The van der Waals surface area contributed by atoms with E-state index >= 15 is 0 Å². The summed E-state index contributed by atoms with van der Waals surface area (Å²) in [6.45, 7) is 6.43. The van der Waals surface area contributed by atoms with E-state index in [0.717, 1.165) is 0 Å². The van der Waals surface area contributed by atoms with E-state index in [1.165, 1.54) is 39.8 Å². The number of hydrogen-bond donors (Lipinski definition) is 0. The third kappa shape index (κ3) is 8.20. The van der Waals surface area contributed by atoms with Crippen LogP contribution in [0.15, 0.2) is 108 Å². The molecular weight excluding hydrogens is 696 g/mol. The highest BCUT2D eigenvalue weighted by Gasteiger charge is 2.83. The first-order valence-electron chi connectivity index (χ1n) is 12.5. The lowest BCUT2D eigenvalue weighted by Crippen LogP contribution is -2.63. The molecule has 0 atom stereocenters. The molecule has 0 unspecified atom stereocenters. The highest BCUT2D eigenvalue weighted by molar-refractivity contribution is 8.02. The molecule has 4 aromatic rings. The van der Waals surface area contributed by atoms with Gasteiger partial charge in [-0.1, -0.05) is 76.2 Å². The number of hydrogen-bond acceptors (Lipinski definition) is 5. The highest BCUT2D eigenvalue weighted by atomic mass is 32.2. The summed E-state index contributed by atoms with van der Waals surface area (Å²) in [5, 5.41) is -7.11. The van der Waals surface area contributed by atoms with Gasteiger partial charge in [0.15, 0.2) is 19.9 Å². The van der Waals surface area contributed by atoms with E-state index in [-0.39, 0.29) is 10.9 Å². The maximum Gasteiger partial charge on any atom is 0.460 e. The monoisotopic (exact) mass is 718 g/mol. The van der Waals surface area contributed by atoms with Gasteiger partial charge in [0.05, 0.1) is 4.21 Å². The van der Waals surface area contributed by atoms with Crippen molar-refractivity contribution in [1.82, 2.24) is 0 Å². The summed E-state index contributed by atoms with van der Waals surface area (Å²) in [7, 11) is -7.48. The predicted molar refractivity (Wildman–Crippen MR) is 155 cm³/mol. The summed E-state index contributed by atoms with van der Waals surface area (Å²) in [6, 6.07) is 31.4. The summed E-state index contributed by atoms with van der Waals surface area (Å²) in [4.78, 5) is 4.05. The van der Waals surface area contributed by atoms with E-state index in [0.29, 0.717) is 0 Å². The van der Waals surface area contributed by atoms with Gasteiger partial charge in [0.25, 0.3) is 0 Å². The fourth-order valence-electron chi connectivity index (χ4n) is 3.43. The van der Waals surface area contributed by atoms with Gasteiger partial charge in [0.2, 0.25) is 4.21 Å². The van der Waals surface area contributed by atoms with Gasteiger partial charge in [-0.2, -0.15) is 39.5 Å². The van der Waals surface area contributed by atoms with Crippen LogP contribution in [-0.2, 0) is 21.0 Å². The molecule has 1 aromatic heterocycles. The molecule has 0 aliphatic heterocycles. The Kier molecular flexibility index (Phi) is 11.1. The van der Waals surface area contributed by atoms with Gasteiger partial charge in [-0.05, 0) is 63.2 Å². The van der Waals surface area contributed by atoms with E-state index in [9.17, 15) is 52.5 Å². The summed E-state index contributed by atoms with van der Waals surface area (Å²) < 4.78 is 138. The van der Waals surface area contributed by atoms with Crippen LogP contribution >= 0.6 is 23.1 Å². The molecule has 0 fully saturated rings. The van der Waals surface area contributed by atoms with Gasteiger partial charge in [-0.15, -0.1) is 0 Å². The number of benzene rings is 3. The van der Waals surface area contributed by atoms with E-state index < -0.39 is 33.4 Å². The second kappa shape index (κ2) is 13.6. The average molecular weight is 719 g/mol. The Balaban J connectivity index is 0.000000281. The molecule has 16 heteroatoms. The van der Waals surface area contributed by atoms with Crippen molar-refractivity contribution in [3.8, 4) is 0 Å². The Labute approximate surface area is 264 Å². The largest absolute Gasteiger partial charge is 0.743 e. The Bertz CT molecular complexity index is 1640. The third-order valence-corrected chi connectivity index (χ3v) is 11.6. The van der Waals surface area contributed by atoms with Crippen LogP contribution < -0.4 is 0 Å². The lowest BCUT2D eigenvalue weighted by atomic mass is 10.1. The van der Waals surface area contributed by atoms with E-state index in [1.807, 2.05) is 23.1 Å². The molecule has 1 heterocycles. The van der Waals surface area contributed by atoms with Crippen molar-refractivity contribution in [2.45, 2.75) is 67.2 Å². The molecule has 4 rings (SSSR count). The first-order valence-corrected chi connectivity index (χ1v) is 16.7. The SMILES string of the molecule is Cc1ccc(Sc2ccc([S+](c3ccc(C)cc3)c3ccc(C)cc3)s2)cc1.O=S(=O)([O-])C(F)(F)C(F)(F)C(F)(F)C(F)(F)F. The molecule has 0 N–H and O–H groups in total. The minimum Gasteiger partial charge on any atom is -0.743 e. The van der Waals surface area contributed by atoms with Gasteiger partial charge in [-0.3, -0.25) is 0 Å². The Morgan fingerprint density at radius 3 is 1.40 bits per heavy atom. The molecule has 0 saturated heterocycles. The zero-order valence-corrected chi connectivity index (χ0v) is 26.6. The summed E-state index contributed by atoms with van der Waals surface area (Å²) >= 11 is 3.77. The molecule has 0 bridgehead atoms. The predicted octanol–water partition coefficient (Wildman–Crippen LogP) is 9.88. The van der Waals surface area contributed by atoms with Crippen molar-refractivity contribution >= 4 is 44.1 Å². The quantitative estimate of drug-likeness (QED) is 0.103. The normalized spacial score (nSPS) is 13.0. The van der Waals surface area contributed by atoms with Crippen LogP contribution in [0.2, 0.25) is 0 Å². The minimum absolute atomic E-state index is 0.0668. The fourth-order valence-corrected chi connectivity index (χ4v) is 8.80. The van der Waals surface area contributed by atoms with Crippen molar-refractivity contribution in [3.63, 3.8) is 0 Å². The van der Waals surface area contributed by atoms with Gasteiger partial charge in [0, 0.05) is 11.0 Å². The van der Waals surface area contributed by atoms with E-state index in [2.05, 4.69) is 106 Å². The van der Waals surface area contributed by atoms with Crippen LogP contribution in [0.5, 0.6) is 0 Å². The maximum absolute atomic E-state index is 12.2. The molecule has 0 spiro atoms. The smallest absolute Gasteiger partial charge is 0.460 e. The van der Waals surface area contributed by atoms with Crippen LogP contribution in [0, 0.1) is 20.8 Å². The van der Waals surface area contributed by atoms with Crippen molar-refractivity contribution in [3.05, 3.63) is 102 Å². The van der Waals surface area contributed by atoms with Crippen LogP contribution in [0.3, 0.4) is 0 Å². The van der Waals surface area contributed by atoms with E-state index in [1.54, 1.807) is 0 Å². The minimum atomic E-state index is -7.43. The summed E-state index contributed by atoms with van der Waals surface area (Å²) in [5.41, 5.74) is 3.91. The number of rotatable bonds is 8. The lowest BCUT2D eigenvalue weighted by molar-refractivity contribution is -0.382. The molecule has 0 saturated carbocycles. The van der Waals surface area contributed by atoms with Gasteiger partial charge < -0.3 is 4.55 Å². The Morgan fingerprint density at radius 2 is 1.02 bits per heavy atom. The second-order valence-corrected chi connectivity index (χ2v) is 15.7. The van der Waals surface area contributed by atoms with Gasteiger partial charge >= 0.3 is 23.3 Å². The highest BCUT2D eigenvalue weighted by Crippen LogP contribution is 2.54. The van der Waals surface area contributed by atoms with E-state index in [4.69, 9.17) is 0 Å². The third-order valence-electron chi connectivity index (χ3n) is 5.94. The molecule has 0 amide bonds. The van der Waals surface area contributed by atoms with Crippen molar-refractivity contribution in [2.24, 2.45) is 0 Å². The fraction of sp³-hybridized carbons (Fsp3) is 0.241. The number of aryl methyl sites for hydroxylation is 3. The molecule has 0 aliphatic rings. The molecule has 3 aromatic carbocycles. The Morgan fingerprint density at radius 1 is 0.622 bits per heavy atom. The van der Waals surface area contributed by atoms with Gasteiger partial charge in [0.1, 0.15) is 10.9 Å². The van der Waals surface area contributed by atoms with Crippen LogP contribution in [0.25, 0.3) is 0 Å². The zero-order chi connectivity index (χ0) is 34.0. The van der Waals surface area contributed by atoms with Crippen molar-refractivity contribution < 1.29 is 52.5 Å².